The smallest absolute Gasteiger partial charge is 0.269 e. The first-order valence-electron chi connectivity index (χ1n) is 6.65. The number of carbonyl (C=O) groups excluding carboxylic acids is 1. The monoisotopic (exact) mass is 316 g/mol. The van der Waals surface area contributed by atoms with Gasteiger partial charge in [0.1, 0.15) is 9.71 Å². The summed E-state index contributed by atoms with van der Waals surface area (Å²) in [5.41, 5.74) is 7.68. The Morgan fingerprint density at radius 2 is 2.24 bits per heavy atom. The van der Waals surface area contributed by atoms with E-state index in [2.05, 4.69) is 15.3 Å². The number of pyridine rings is 1. The molecular formula is C14H12N4OS2. The van der Waals surface area contributed by atoms with Crippen LogP contribution in [0.3, 0.4) is 0 Å². The fourth-order valence-corrected chi connectivity index (χ4v) is 4.52. The Balaban J connectivity index is 1.65. The van der Waals surface area contributed by atoms with Gasteiger partial charge in [0.2, 0.25) is 0 Å². The van der Waals surface area contributed by atoms with Crippen molar-refractivity contribution in [2.24, 2.45) is 0 Å². The molecule has 5 nitrogen and oxygen atoms in total. The SMILES string of the molecule is Nc1c(C(=O)Nc2nc3c(s2)CCC3)sc2ncccc12. The maximum atomic E-state index is 12.4. The van der Waals surface area contributed by atoms with Crippen LogP contribution in [0.15, 0.2) is 18.3 Å². The van der Waals surface area contributed by atoms with Crippen molar-refractivity contribution in [3.8, 4) is 0 Å². The predicted octanol–water partition coefficient (Wildman–Crippen LogP) is 3.08. The zero-order valence-corrected chi connectivity index (χ0v) is 12.7. The van der Waals surface area contributed by atoms with Crippen molar-refractivity contribution >= 4 is 49.6 Å². The molecule has 0 saturated carbocycles. The van der Waals surface area contributed by atoms with Crippen molar-refractivity contribution in [3.63, 3.8) is 0 Å². The molecular weight excluding hydrogens is 304 g/mol. The third kappa shape index (κ3) is 2.09. The van der Waals surface area contributed by atoms with Gasteiger partial charge in [0.15, 0.2) is 5.13 Å². The molecule has 4 rings (SSSR count). The zero-order valence-electron chi connectivity index (χ0n) is 11.0. The van der Waals surface area contributed by atoms with E-state index in [4.69, 9.17) is 5.73 Å². The highest BCUT2D eigenvalue weighted by Crippen LogP contribution is 2.34. The molecule has 1 amide bonds. The van der Waals surface area contributed by atoms with Gasteiger partial charge < -0.3 is 5.73 Å². The number of carbonyl (C=O) groups is 1. The molecule has 0 spiro atoms. The molecule has 0 bridgehead atoms. The van der Waals surface area contributed by atoms with E-state index >= 15 is 0 Å². The number of amides is 1. The van der Waals surface area contributed by atoms with Crippen molar-refractivity contribution in [1.29, 1.82) is 0 Å². The summed E-state index contributed by atoms with van der Waals surface area (Å²) in [6.45, 7) is 0. The number of thiophene rings is 1. The molecule has 1 aliphatic rings. The van der Waals surface area contributed by atoms with Gasteiger partial charge in [-0.2, -0.15) is 0 Å². The highest BCUT2D eigenvalue weighted by Gasteiger charge is 2.21. The third-order valence-electron chi connectivity index (χ3n) is 3.53. The average molecular weight is 316 g/mol. The van der Waals surface area contributed by atoms with Crippen LogP contribution in [-0.2, 0) is 12.8 Å². The second kappa shape index (κ2) is 4.78. The number of hydrogen-bond donors (Lipinski definition) is 2. The number of aromatic nitrogens is 2. The van der Waals surface area contributed by atoms with Crippen molar-refractivity contribution in [3.05, 3.63) is 33.8 Å². The zero-order chi connectivity index (χ0) is 14.4. The molecule has 3 heterocycles. The summed E-state index contributed by atoms with van der Waals surface area (Å²) in [6.07, 6.45) is 4.94. The number of rotatable bonds is 2. The topological polar surface area (TPSA) is 80.9 Å². The maximum absolute atomic E-state index is 12.4. The number of thiazole rings is 1. The molecule has 0 radical (unpaired) electrons. The lowest BCUT2D eigenvalue weighted by molar-refractivity contribution is 0.103. The Morgan fingerprint density at radius 1 is 1.33 bits per heavy atom. The van der Waals surface area contributed by atoms with E-state index in [0.29, 0.717) is 15.7 Å². The van der Waals surface area contributed by atoms with Gasteiger partial charge in [-0.25, -0.2) is 9.97 Å². The van der Waals surface area contributed by atoms with E-state index in [0.717, 1.165) is 35.2 Å². The van der Waals surface area contributed by atoms with Crippen LogP contribution in [0.2, 0.25) is 0 Å². The van der Waals surface area contributed by atoms with Crippen LogP contribution in [0.25, 0.3) is 10.2 Å². The first kappa shape index (κ1) is 12.7. The summed E-state index contributed by atoms with van der Waals surface area (Å²) in [5, 5.41) is 4.35. The van der Waals surface area contributed by atoms with Gasteiger partial charge in [-0.15, -0.1) is 22.7 Å². The average Bonchev–Trinajstić information content (AvgIpc) is 3.13. The second-order valence-corrected chi connectivity index (χ2v) is 6.98. The molecule has 1 aliphatic carbocycles. The third-order valence-corrected chi connectivity index (χ3v) is 5.73. The second-order valence-electron chi connectivity index (χ2n) is 4.90. The molecule has 0 fully saturated rings. The van der Waals surface area contributed by atoms with E-state index in [1.807, 2.05) is 12.1 Å². The fourth-order valence-electron chi connectivity index (χ4n) is 2.52. The van der Waals surface area contributed by atoms with E-state index in [1.165, 1.54) is 16.2 Å². The highest BCUT2D eigenvalue weighted by molar-refractivity contribution is 7.21. The molecule has 3 aromatic heterocycles. The minimum absolute atomic E-state index is 0.206. The molecule has 0 aromatic carbocycles. The van der Waals surface area contributed by atoms with Gasteiger partial charge in [0.25, 0.3) is 5.91 Å². The largest absolute Gasteiger partial charge is 0.397 e. The minimum Gasteiger partial charge on any atom is -0.397 e. The van der Waals surface area contributed by atoms with Gasteiger partial charge in [-0.05, 0) is 31.4 Å². The molecule has 106 valence electrons. The Morgan fingerprint density at radius 3 is 3.05 bits per heavy atom. The first-order chi connectivity index (χ1) is 10.2. The minimum atomic E-state index is -0.206. The summed E-state index contributed by atoms with van der Waals surface area (Å²) in [4.78, 5) is 23.7. The molecule has 0 saturated heterocycles. The van der Waals surface area contributed by atoms with E-state index in [1.54, 1.807) is 17.5 Å². The summed E-state index contributed by atoms with van der Waals surface area (Å²) in [6, 6.07) is 3.70. The summed E-state index contributed by atoms with van der Waals surface area (Å²) in [5.74, 6) is -0.206. The Hall–Kier alpha value is -1.99. The van der Waals surface area contributed by atoms with Crippen LogP contribution in [-0.4, -0.2) is 15.9 Å². The first-order valence-corrected chi connectivity index (χ1v) is 8.28. The molecule has 0 atom stereocenters. The van der Waals surface area contributed by atoms with E-state index in [9.17, 15) is 4.79 Å². The number of nitrogens with zero attached hydrogens (tertiary/aromatic N) is 2. The number of aryl methyl sites for hydroxylation is 2. The van der Waals surface area contributed by atoms with Gasteiger partial charge >= 0.3 is 0 Å². The summed E-state index contributed by atoms with van der Waals surface area (Å²) < 4.78 is 0. The molecule has 0 unspecified atom stereocenters. The Labute approximate surface area is 128 Å². The maximum Gasteiger partial charge on any atom is 0.269 e. The molecule has 21 heavy (non-hydrogen) atoms. The Kier molecular flexibility index (Phi) is 2.90. The summed E-state index contributed by atoms with van der Waals surface area (Å²) in [7, 11) is 0. The van der Waals surface area contributed by atoms with E-state index in [-0.39, 0.29) is 5.91 Å². The lowest BCUT2D eigenvalue weighted by Crippen LogP contribution is -2.11. The van der Waals surface area contributed by atoms with Gasteiger partial charge in [-0.3, -0.25) is 10.1 Å². The lowest BCUT2D eigenvalue weighted by Gasteiger charge is -2.00. The lowest BCUT2D eigenvalue weighted by atomic mass is 10.2. The van der Waals surface area contributed by atoms with Gasteiger partial charge in [0, 0.05) is 16.5 Å². The molecule has 0 aliphatic heterocycles. The number of nitrogens with one attached hydrogen (secondary N) is 1. The molecule has 7 heteroatoms. The number of nitrogen functional groups attached to an aromatic ring is 1. The fraction of sp³-hybridized carbons (Fsp3) is 0.214. The normalized spacial score (nSPS) is 13.5. The van der Waals surface area contributed by atoms with Crippen molar-refractivity contribution in [1.82, 2.24) is 9.97 Å². The number of nitrogens with two attached hydrogens (primary N) is 1. The van der Waals surface area contributed by atoms with Crippen LogP contribution in [0.4, 0.5) is 10.8 Å². The van der Waals surface area contributed by atoms with Crippen LogP contribution in [0.1, 0.15) is 26.7 Å². The predicted molar refractivity (Wildman–Crippen MR) is 86.1 cm³/mol. The van der Waals surface area contributed by atoms with Crippen molar-refractivity contribution < 1.29 is 4.79 Å². The van der Waals surface area contributed by atoms with Crippen LogP contribution < -0.4 is 11.1 Å². The van der Waals surface area contributed by atoms with Crippen LogP contribution >= 0.6 is 22.7 Å². The highest BCUT2D eigenvalue weighted by atomic mass is 32.1. The Bertz CT molecular complexity index is 830. The number of anilines is 2. The van der Waals surface area contributed by atoms with Gasteiger partial charge in [-0.1, -0.05) is 0 Å². The van der Waals surface area contributed by atoms with Gasteiger partial charge in [0.05, 0.1) is 11.4 Å². The summed E-state index contributed by atoms with van der Waals surface area (Å²) >= 11 is 2.87. The quantitative estimate of drug-likeness (QED) is 0.761. The molecule has 3 N–H and O–H groups in total. The van der Waals surface area contributed by atoms with Crippen molar-refractivity contribution in [2.75, 3.05) is 11.1 Å². The van der Waals surface area contributed by atoms with Crippen LogP contribution in [0, 0.1) is 0 Å². The molecule has 3 aromatic rings. The number of fused-ring (bicyclic) bond motifs is 2. The van der Waals surface area contributed by atoms with Crippen molar-refractivity contribution in [2.45, 2.75) is 19.3 Å². The standard InChI is InChI=1S/C14H12N4OS2/c15-10-7-3-2-6-16-13(7)21-11(10)12(19)18-14-17-8-4-1-5-9(8)20-14/h2-3,6H,1,4-5,15H2,(H,17,18,19). The van der Waals surface area contributed by atoms with E-state index < -0.39 is 0 Å². The number of hydrogen-bond acceptors (Lipinski definition) is 6. The van der Waals surface area contributed by atoms with Crippen LogP contribution in [0.5, 0.6) is 0 Å².